The Morgan fingerprint density at radius 2 is 2.29 bits per heavy atom. The number of rotatable bonds is 3. The van der Waals surface area contributed by atoms with Gasteiger partial charge in [0.15, 0.2) is 0 Å². The molecule has 1 saturated heterocycles. The molecule has 1 fully saturated rings. The molecule has 14 heavy (non-hydrogen) atoms. The van der Waals surface area contributed by atoms with E-state index in [4.69, 9.17) is 5.11 Å². The van der Waals surface area contributed by atoms with Crippen LogP contribution < -0.4 is 0 Å². The minimum atomic E-state index is -3.61. The molecule has 0 bridgehead atoms. The summed E-state index contributed by atoms with van der Waals surface area (Å²) in [6.45, 7) is 3.39. The van der Waals surface area contributed by atoms with Crippen molar-refractivity contribution in [3.63, 3.8) is 0 Å². The van der Waals surface area contributed by atoms with Crippen LogP contribution in [0.4, 0.5) is 0 Å². The van der Waals surface area contributed by atoms with Crippen LogP contribution in [0.15, 0.2) is 12.7 Å². The lowest BCUT2D eigenvalue weighted by molar-refractivity contribution is -0.140. The molecule has 6 nitrogen and oxygen atoms in total. The Balaban J connectivity index is 3.03. The second-order valence-electron chi connectivity index (χ2n) is 3.00. The van der Waals surface area contributed by atoms with E-state index in [1.165, 1.54) is 13.1 Å². The minimum absolute atomic E-state index is 0.0175. The summed E-state index contributed by atoms with van der Waals surface area (Å²) in [5, 5.41) is 8.79. The maximum Gasteiger partial charge on any atom is 0.323 e. The fraction of sp³-hybridized carbons (Fsp3) is 0.571. The van der Waals surface area contributed by atoms with E-state index in [-0.39, 0.29) is 13.1 Å². The molecule has 0 aromatic rings. The lowest BCUT2D eigenvalue weighted by atomic mass is 10.3. The molecule has 0 aliphatic carbocycles. The Morgan fingerprint density at radius 1 is 1.71 bits per heavy atom. The Kier molecular flexibility index (Phi) is 2.93. The third kappa shape index (κ3) is 1.66. The van der Waals surface area contributed by atoms with Gasteiger partial charge < -0.3 is 5.11 Å². The first-order valence-corrected chi connectivity index (χ1v) is 5.37. The van der Waals surface area contributed by atoms with Gasteiger partial charge in [0.2, 0.25) is 0 Å². The van der Waals surface area contributed by atoms with Crippen LogP contribution in [-0.4, -0.2) is 54.3 Å². The van der Waals surface area contributed by atoms with Gasteiger partial charge in [-0.05, 0) is 0 Å². The van der Waals surface area contributed by atoms with Gasteiger partial charge in [0.25, 0.3) is 10.2 Å². The lowest BCUT2D eigenvalue weighted by Gasteiger charge is -2.16. The van der Waals surface area contributed by atoms with E-state index in [0.29, 0.717) is 0 Å². The topological polar surface area (TPSA) is 77.9 Å². The zero-order valence-corrected chi connectivity index (χ0v) is 8.57. The standard InChI is InChI=1S/C7H12N2O4S/c1-3-4-9-6(7(10)11)5-8(2)14(9,12)13/h3,6H,1,4-5H2,2H3,(H,10,11). The number of carboxylic acids is 1. The largest absolute Gasteiger partial charge is 0.480 e. The van der Waals surface area contributed by atoms with Crippen LogP contribution in [0.2, 0.25) is 0 Å². The lowest BCUT2D eigenvalue weighted by Crippen LogP contribution is -2.39. The van der Waals surface area contributed by atoms with Crippen LogP contribution in [0.1, 0.15) is 0 Å². The van der Waals surface area contributed by atoms with Gasteiger partial charge in [-0.15, -0.1) is 6.58 Å². The SMILES string of the molecule is C=CCN1C(C(=O)O)CN(C)S1(=O)=O. The predicted molar refractivity (Wildman–Crippen MR) is 49.9 cm³/mol. The smallest absolute Gasteiger partial charge is 0.323 e. The zero-order chi connectivity index (χ0) is 10.9. The van der Waals surface area contributed by atoms with E-state index in [2.05, 4.69) is 6.58 Å². The summed E-state index contributed by atoms with van der Waals surface area (Å²) in [5.41, 5.74) is 0. The van der Waals surface area contributed by atoms with Crippen LogP contribution >= 0.6 is 0 Å². The van der Waals surface area contributed by atoms with Crippen molar-refractivity contribution >= 4 is 16.2 Å². The highest BCUT2D eigenvalue weighted by molar-refractivity contribution is 7.87. The normalized spacial score (nSPS) is 27.6. The minimum Gasteiger partial charge on any atom is -0.480 e. The van der Waals surface area contributed by atoms with Gasteiger partial charge in [0.05, 0.1) is 0 Å². The van der Waals surface area contributed by atoms with Gasteiger partial charge >= 0.3 is 5.97 Å². The third-order valence-corrected chi connectivity index (χ3v) is 4.00. The Hall–Kier alpha value is -0.920. The summed E-state index contributed by atoms with van der Waals surface area (Å²) in [6.07, 6.45) is 1.37. The number of likely N-dealkylation sites (N-methyl/N-ethyl adjacent to an activating group) is 1. The summed E-state index contributed by atoms with van der Waals surface area (Å²) < 4.78 is 25.0. The molecule has 1 aliphatic heterocycles. The van der Waals surface area contributed by atoms with Crippen LogP contribution in [0.25, 0.3) is 0 Å². The molecule has 0 aromatic heterocycles. The van der Waals surface area contributed by atoms with Crippen LogP contribution in [-0.2, 0) is 15.0 Å². The number of nitrogens with zero attached hydrogens (tertiary/aromatic N) is 2. The van der Waals surface area contributed by atoms with E-state index in [1.807, 2.05) is 0 Å². The van der Waals surface area contributed by atoms with Crippen molar-refractivity contribution in [1.82, 2.24) is 8.61 Å². The highest BCUT2D eigenvalue weighted by Gasteiger charge is 2.44. The average Bonchev–Trinajstić information content (AvgIpc) is 2.29. The van der Waals surface area contributed by atoms with Gasteiger partial charge in [-0.2, -0.15) is 17.0 Å². The fourth-order valence-electron chi connectivity index (χ4n) is 1.32. The maximum absolute atomic E-state index is 11.5. The first-order chi connectivity index (χ1) is 6.41. The molecule has 1 aliphatic rings. The molecule has 1 rings (SSSR count). The molecule has 1 N–H and O–H groups in total. The maximum atomic E-state index is 11.5. The molecule has 0 radical (unpaired) electrons. The van der Waals surface area contributed by atoms with Crippen LogP contribution in [0, 0.1) is 0 Å². The van der Waals surface area contributed by atoms with Gasteiger partial charge in [0.1, 0.15) is 6.04 Å². The van der Waals surface area contributed by atoms with Crippen molar-refractivity contribution in [2.24, 2.45) is 0 Å². The molecule has 80 valence electrons. The quantitative estimate of drug-likeness (QED) is 0.626. The number of hydrogen-bond acceptors (Lipinski definition) is 3. The summed E-state index contributed by atoms with van der Waals surface area (Å²) in [6, 6.07) is -1.01. The number of hydrogen-bond donors (Lipinski definition) is 1. The van der Waals surface area contributed by atoms with Gasteiger partial charge in [0, 0.05) is 20.1 Å². The molecule has 0 amide bonds. The van der Waals surface area contributed by atoms with Crippen molar-refractivity contribution in [2.75, 3.05) is 20.1 Å². The van der Waals surface area contributed by atoms with Crippen molar-refractivity contribution in [1.29, 1.82) is 0 Å². The highest BCUT2D eigenvalue weighted by atomic mass is 32.2. The van der Waals surface area contributed by atoms with Crippen molar-refractivity contribution < 1.29 is 18.3 Å². The summed E-state index contributed by atoms with van der Waals surface area (Å²) >= 11 is 0. The first-order valence-electron chi connectivity index (χ1n) is 3.98. The second-order valence-corrected chi connectivity index (χ2v) is 4.99. The number of carbonyl (C=O) groups is 1. The fourth-order valence-corrected chi connectivity index (χ4v) is 2.78. The highest BCUT2D eigenvalue weighted by Crippen LogP contribution is 2.20. The monoisotopic (exact) mass is 220 g/mol. The number of carboxylic acid groups (broad SMARTS) is 1. The Labute approximate surface area is 82.6 Å². The molecule has 1 atom stereocenters. The molecule has 1 unspecified atom stereocenters. The molecule has 7 heteroatoms. The predicted octanol–water partition coefficient (Wildman–Crippen LogP) is -0.882. The third-order valence-electron chi connectivity index (χ3n) is 2.06. The van der Waals surface area contributed by atoms with Crippen LogP contribution in [0.3, 0.4) is 0 Å². The number of aliphatic carboxylic acids is 1. The summed E-state index contributed by atoms with van der Waals surface area (Å²) in [4.78, 5) is 10.8. The molecule has 0 spiro atoms. The first kappa shape index (κ1) is 11.2. The Bertz CT molecular complexity index is 351. The Morgan fingerprint density at radius 3 is 2.71 bits per heavy atom. The molecular formula is C7H12N2O4S. The molecular weight excluding hydrogens is 208 g/mol. The van der Waals surface area contributed by atoms with Gasteiger partial charge in [-0.1, -0.05) is 6.08 Å². The second kappa shape index (κ2) is 3.68. The van der Waals surface area contributed by atoms with E-state index in [0.717, 1.165) is 8.61 Å². The van der Waals surface area contributed by atoms with E-state index < -0.39 is 22.2 Å². The van der Waals surface area contributed by atoms with Crippen LogP contribution in [0.5, 0.6) is 0 Å². The zero-order valence-electron chi connectivity index (χ0n) is 7.75. The average molecular weight is 220 g/mol. The molecule has 1 heterocycles. The van der Waals surface area contributed by atoms with Gasteiger partial charge in [-0.3, -0.25) is 4.79 Å². The molecule has 0 aromatic carbocycles. The molecule has 0 saturated carbocycles. The van der Waals surface area contributed by atoms with Crippen molar-refractivity contribution in [3.05, 3.63) is 12.7 Å². The summed E-state index contributed by atoms with van der Waals surface area (Å²) in [7, 11) is -2.25. The van der Waals surface area contributed by atoms with E-state index >= 15 is 0 Å². The van der Waals surface area contributed by atoms with Gasteiger partial charge in [-0.25, -0.2) is 0 Å². The summed E-state index contributed by atoms with van der Waals surface area (Å²) in [5.74, 6) is -1.14. The van der Waals surface area contributed by atoms with Crippen molar-refractivity contribution in [3.8, 4) is 0 Å². The van der Waals surface area contributed by atoms with Crippen molar-refractivity contribution in [2.45, 2.75) is 6.04 Å². The van der Waals surface area contributed by atoms with E-state index in [9.17, 15) is 13.2 Å². The van der Waals surface area contributed by atoms with E-state index in [1.54, 1.807) is 0 Å².